The van der Waals surface area contributed by atoms with Crippen molar-refractivity contribution in [1.82, 2.24) is 14.1 Å². The van der Waals surface area contributed by atoms with Gasteiger partial charge in [-0.05, 0) is 68.1 Å². The maximum atomic E-state index is 13.6. The van der Waals surface area contributed by atoms with Crippen LogP contribution in [0.15, 0.2) is 29.2 Å². The van der Waals surface area contributed by atoms with Crippen LogP contribution in [0.2, 0.25) is 0 Å². The number of aromatic nitrogens is 3. The molecule has 0 spiro atoms. The maximum absolute atomic E-state index is 13.6. The van der Waals surface area contributed by atoms with Gasteiger partial charge in [0.2, 0.25) is 5.95 Å². The molecule has 5 rings (SSSR count). The van der Waals surface area contributed by atoms with Gasteiger partial charge in [0.15, 0.2) is 0 Å². The molecular formula is C24H30N4O. The van der Waals surface area contributed by atoms with Crippen molar-refractivity contribution in [1.29, 1.82) is 0 Å². The summed E-state index contributed by atoms with van der Waals surface area (Å²) in [6.07, 6.45) is 7.29. The SMILES string of the molecule is Cc1cccc(C)c1-c1cn(C)c2nc(N(CC3CC3)CC3CC3)n(C)c(=O)c12. The predicted octanol–water partition coefficient (Wildman–Crippen LogP) is 4.18. The highest BCUT2D eigenvalue weighted by molar-refractivity contribution is 5.95. The van der Waals surface area contributed by atoms with Gasteiger partial charge in [0.1, 0.15) is 5.65 Å². The fraction of sp³-hybridized carbons (Fsp3) is 0.500. The topological polar surface area (TPSA) is 43.1 Å². The molecule has 0 N–H and O–H groups in total. The van der Waals surface area contributed by atoms with Gasteiger partial charge in [-0.2, -0.15) is 4.98 Å². The van der Waals surface area contributed by atoms with Gasteiger partial charge in [0, 0.05) is 38.9 Å². The van der Waals surface area contributed by atoms with Crippen LogP contribution in [0.4, 0.5) is 5.95 Å². The van der Waals surface area contributed by atoms with E-state index in [-0.39, 0.29) is 5.56 Å². The number of aryl methyl sites for hydroxylation is 3. The quantitative estimate of drug-likeness (QED) is 0.634. The fourth-order valence-corrected chi connectivity index (χ4v) is 4.56. The molecule has 0 aliphatic heterocycles. The van der Waals surface area contributed by atoms with Gasteiger partial charge in [-0.15, -0.1) is 0 Å². The summed E-state index contributed by atoms with van der Waals surface area (Å²) in [7, 11) is 3.89. The standard InChI is InChI=1S/C24H30N4O/c1-15-6-5-7-16(2)20(15)19-14-26(3)22-21(19)23(29)27(4)24(25-22)28(12-17-8-9-17)13-18-10-11-18/h5-7,14,17-18H,8-13H2,1-4H3. The first-order chi connectivity index (χ1) is 13.9. The summed E-state index contributed by atoms with van der Waals surface area (Å²) in [4.78, 5) is 21.0. The van der Waals surface area contributed by atoms with E-state index in [1.54, 1.807) is 4.57 Å². The molecule has 2 fully saturated rings. The molecule has 0 bridgehead atoms. The van der Waals surface area contributed by atoms with Gasteiger partial charge < -0.3 is 9.47 Å². The minimum Gasteiger partial charge on any atom is -0.342 e. The van der Waals surface area contributed by atoms with Crippen LogP contribution in [0.3, 0.4) is 0 Å². The molecule has 0 saturated heterocycles. The number of rotatable bonds is 6. The Hall–Kier alpha value is -2.56. The van der Waals surface area contributed by atoms with Crippen LogP contribution in [0.5, 0.6) is 0 Å². The molecule has 2 aliphatic rings. The van der Waals surface area contributed by atoms with E-state index < -0.39 is 0 Å². The van der Waals surface area contributed by atoms with E-state index >= 15 is 0 Å². The Morgan fingerprint density at radius 3 is 2.17 bits per heavy atom. The third kappa shape index (κ3) is 3.26. The first kappa shape index (κ1) is 18.5. The van der Waals surface area contributed by atoms with Crippen molar-refractivity contribution >= 4 is 17.0 Å². The van der Waals surface area contributed by atoms with E-state index in [0.29, 0.717) is 0 Å². The van der Waals surface area contributed by atoms with Gasteiger partial charge in [-0.1, -0.05) is 18.2 Å². The highest BCUT2D eigenvalue weighted by atomic mass is 16.1. The molecule has 0 atom stereocenters. The second kappa shape index (κ2) is 6.75. The van der Waals surface area contributed by atoms with Crippen LogP contribution in [0.1, 0.15) is 36.8 Å². The monoisotopic (exact) mass is 390 g/mol. The lowest BCUT2D eigenvalue weighted by Crippen LogP contribution is -2.35. The first-order valence-corrected chi connectivity index (χ1v) is 10.8. The normalized spacial score (nSPS) is 16.6. The van der Waals surface area contributed by atoms with Crippen LogP contribution in [0, 0.1) is 25.7 Å². The van der Waals surface area contributed by atoms with Crippen molar-refractivity contribution in [2.24, 2.45) is 25.9 Å². The zero-order valence-corrected chi connectivity index (χ0v) is 17.9. The molecule has 2 saturated carbocycles. The van der Waals surface area contributed by atoms with Gasteiger partial charge in [0.05, 0.1) is 5.39 Å². The highest BCUT2D eigenvalue weighted by Crippen LogP contribution is 2.36. The lowest BCUT2D eigenvalue weighted by molar-refractivity contribution is 0.638. The maximum Gasteiger partial charge on any atom is 0.264 e. The van der Waals surface area contributed by atoms with E-state index in [0.717, 1.165) is 53.0 Å². The molecule has 0 radical (unpaired) electrons. The minimum atomic E-state index is 0.0554. The molecule has 5 nitrogen and oxygen atoms in total. The van der Waals surface area contributed by atoms with Crippen LogP contribution >= 0.6 is 0 Å². The lowest BCUT2D eigenvalue weighted by Gasteiger charge is -2.25. The number of benzene rings is 1. The Morgan fingerprint density at radius 2 is 1.62 bits per heavy atom. The summed E-state index contributed by atoms with van der Waals surface area (Å²) in [6.45, 7) is 6.27. The number of hydrogen-bond donors (Lipinski definition) is 0. The second-order valence-electron chi connectivity index (χ2n) is 9.19. The van der Waals surface area contributed by atoms with E-state index in [4.69, 9.17) is 4.98 Å². The zero-order chi connectivity index (χ0) is 20.3. The Kier molecular flexibility index (Phi) is 4.30. The lowest BCUT2D eigenvalue weighted by atomic mass is 9.96. The van der Waals surface area contributed by atoms with Crippen molar-refractivity contribution in [3.8, 4) is 11.1 Å². The number of hydrogen-bond acceptors (Lipinski definition) is 3. The Morgan fingerprint density at radius 1 is 1.03 bits per heavy atom. The molecule has 152 valence electrons. The van der Waals surface area contributed by atoms with Gasteiger partial charge in [0.25, 0.3) is 5.56 Å². The fourth-order valence-electron chi connectivity index (χ4n) is 4.56. The zero-order valence-electron chi connectivity index (χ0n) is 17.9. The summed E-state index contributed by atoms with van der Waals surface area (Å²) in [5, 5.41) is 0.731. The summed E-state index contributed by atoms with van der Waals surface area (Å²) in [5.74, 6) is 2.36. The second-order valence-corrected chi connectivity index (χ2v) is 9.19. The van der Waals surface area contributed by atoms with E-state index in [9.17, 15) is 4.79 Å². The van der Waals surface area contributed by atoms with Gasteiger partial charge >= 0.3 is 0 Å². The minimum absolute atomic E-state index is 0.0554. The molecule has 5 heteroatoms. The molecule has 2 aromatic heterocycles. The van der Waals surface area contributed by atoms with E-state index in [1.165, 1.54) is 36.8 Å². The van der Waals surface area contributed by atoms with Gasteiger partial charge in [-0.3, -0.25) is 9.36 Å². The smallest absolute Gasteiger partial charge is 0.264 e. The molecule has 0 amide bonds. The number of anilines is 1. The summed E-state index contributed by atoms with van der Waals surface area (Å²) < 4.78 is 3.80. The molecule has 2 heterocycles. The van der Waals surface area contributed by atoms with Crippen molar-refractivity contribution in [2.75, 3.05) is 18.0 Å². The molecule has 1 aromatic carbocycles. The summed E-state index contributed by atoms with van der Waals surface area (Å²) in [5.41, 5.74) is 5.36. The number of fused-ring (bicyclic) bond motifs is 1. The molecule has 29 heavy (non-hydrogen) atoms. The molecular weight excluding hydrogens is 360 g/mol. The third-order valence-corrected chi connectivity index (χ3v) is 6.56. The van der Waals surface area contributed by atoms with Crippen molar-refractivity contribution in [3.63, 3.8) is 0 Å². The number of nitrogens with zero attached hydrogens (tertiary/aromatic N) is 4. The van der Waals surface area contributed by atoms with Crippen molar-refractivity contribution in [3.05, 3.63) is 45.9 Å². The Labute approximate surface area is 172 Å². The highest BCUT2D eigenvalue weighted by Gasteiger charge is 2.31. The van der Waals surface area contributed by atoms with E-state index in [1.807, 2.05) is 18.7 Å². The van der Waals surface area contributed by atoms with E-state index in [2.05, 4.69) is 43.1 Å². The van der Waals surface area contributed by atoms with Crippen LogP contribution in [-0.2, 0) is 14.1 Å². The van der Waals surface area contributed by atoms with Crippen LogP contribution in [-0.4, -0.2) is 27.2 Å². The van der Waals surface area contributed by atoms with Gasteiger partial charge in [-0.25, -0.2) is 0 Å². The predicted molar refractivity (Wildman–Crippen MR) is 119 cm³/mol. The largest absolute Gasteiger partial charge is 0.342 e. The average molecular weight is 391 g/mol. The van der Waals surface area contributed by atoms with Crippen molar-refractivity contribution in [2.45, 2.75) is 39.5 Å². The summed E-state index contributed by atoms with van der Waals surface area (Å²) in [6, 6.07) is 6.29. The van der Waals surface area contributed by atoms with Crippen molar-refractivity contribution < 1.29 is 0 Å². The third-order valence-electron chi connectivity index (χ3n) is 6.56. The summed E-state index contributed by atoms with van der Waals surface area (Å²) >= 11 is 0. The average Bonchev–Trinajstić information content (AvgIpc) is 3.59. The molecule has 3 aromatic rings. The first-order valence-electron chi connectivity index (χ1n) is 10.8. The Bertz CT molecular complexity index is 1110. The molecule has 2 aliphatic carbocycles. The molecule has 0 unspecified atom stereocenters. The van der Waals surface area contributed by atoms with Crippen LogP contribution < -0.4 is 10.5 Å². The Balaban J connectivity index is 1.69. The van der Waals surface area contributed by atoms with Crippen LogP contribution in [0.25, 0.3) is 22.2 Å².